The predicted molar refractivity (Wildman–Crippen MR) is 214 cm³/mol. The minimum Gasteiger partial charge on any atom is -0.309 e. The van der Waals surface area contributed by atoms with E-state index < -0.39 is 0 Å². The van der Waals surface area contributed by atoms with E-state index in [9.17, 15) is 0 Å². The second kappa shape index (κ2) is 11.0. The third-order valence-electron chi connectivity index (χ3n) is 11.3. The van der Waals surface area contributed by atoms with Gasteiger partial charge in [-0.1, -0.05) is 121 Å². The summed E-state index contributed by atoms with van der Waals surface area (Å²) in [7, 11) is 0. The molecule has 0 bridgehead atoms. The summed E-state index contributed by atoms with van der Waals surface area (Å²) in [5.41, 5.74) is 12.9. The van der Waals surface area contributed by atoms with Crippen LogP contribution in [-0.4, -0.2) is 9.55 Å². The van der Waals surface area contributed by atoms with E-state index in [4.69, 9.17) is 0 Å². The molecule has 0 amide bonds. The summed E-state index contributed by atoms with van der Waals surface area (Å²) in [5, 5.41) is 10.3. The van der Waals surface area contributed by atoms with Gasteiger partial charge in [0.2, 0.25) is 0 Å². The van der Waals surface area contributed by atoms with Gasteiger partial charge in [0, 0.05) is 34.8 Å². The van der Waals surface area contributed by atoms with Gasteiger partial charge in [0.25, 0.3) is 0 Å². The molecule has 0 N–H and O–H groups in total. The zero-order chi connectivity index (χ0) is 33.5. The van der Waals surface area contributed by atoms with Gasteiger partial charge in [-0.3, -0.25) is 4.98 Å². The average Bonchev–Trinajstić information content (AvgIpc) is 3.54. The molecule has 2 nitrogen and oxygen atoms in total. The van der Waals surface area contributed by atoms with Crippen molar-refractivity contribution >= 4 is 54.1 Å². The van der Waals surface area contributed by atoms with Crippen molar-refractivity contribution in [1.82, 2.24) is 9.55 Å². The van der Waals surface area contributed by atoms with Crippen LogP contribution in [0.25, 0.3) is 82.1 Å². The molecule has 11 rings (SSSR count). The Morgan fingerprint density at radius 3 is 1.82 bits per heavy atom. The molecule has 2 heterocycles. The molecule has 2 heteroatoms. The Bertz CT molecular complexity index is 2970. The van der Waals surface area contributed by atoms with E-state index in [1.54, 1.807) is 0 Å². The standard InChI is InChI=1S/C49H32N2/c1-5-13-41-37(9-1)36-20-17-32(27-34(36)29-45(41)31-23-25-50-26-24-31)33-18-22-49-47(28-33)44-15-7-8-16-48(44)51(49)35-19-21-43-40-12-3-2-10-38(40)39-11-4-6-14-42(39)46(43)30-35/h1-28,30,45H,29H2. The van der Waals surface area contributed by atoms with Crippen LogP contribution in [0.2, 0.25) is 0 Å². The zero-order valence-corrected chi connectivity index (χ0v) is 27.9. The van der Waals surface area contributed by atoms with Gasteiger partial charge in [0.1, 0.15) is 0 Å². The molecular formula is C49H32N2. The lowest BCUT2D eigenvalue weighted by atomic mass is 9.75. The van der Waals surface area contributed by atoms with Crippen LogP contribution in [0.1, 0.15) is 22.6 Å². The quantitative estimate of drug-likeness (QED) is 0.174. The Morgan fingerprint density at radius 2 is 1.04 bits per heavy atom. The predicted octanol–water partition coefficient (Wildman–Crippen LogP) is 12.7. The summed E-state index contributed by atoms with van der Waals surface area (Å²) < 4.78 is 2.45. The second-order valence-electron chi connectivity index (χ2n) is 13.9. The Balaban J connectivity index is 1.08. The Hall–Kier alpha value is -6.51. The van der Waals surface area contributed by atoms with Crippen LogP contribution in [0.15, 0.2) is 176 Å². The number of hydrogen-bond donors (Lipinski definition) is 0. The maximum Gasteiger partial charge on any atom is 0.0541 e. The summed E-state index contributed by atoms with van der Waals surface area (Å²) in [6, 6.07) is 60.8. The number of aromatic nitrogens is 2. The number of pyridine rings is 1. The lowest BCUT2D eigenvalue weighted by molar-refractivity contribution is 0.792. The van der Waals surface area contributed by atoms with E-state index in [1.807, 2.05) is 12.4 Å². The first kappa shape index (κ1) is 28.3. The molecular weight excluding hydrogens is 617 g/mol. The summed E-state index contributed by atoms with van der Waals surface area (Å²) in [6.45, 7) is 0. The van der Waals surface area contributed by atoms with Crippen molar-refractivity contribution in [2.45, 2.75) is 12.3 Å². The third kappa shape index (κ3) is 4.26. The normalized spacial score (nSPS) is 14.0. The number of rotatable bonds is 3. The molecule has 1 aliphatic carbocycles. The maximum atomic E-state index is 4.30. The van der Waals surface area contributed by atoms with Gasteiger partial charge in [-0.25, -0.2) is 0 Å². The van der Waals surface area contributed by atoms with Gasteiger partial charge in [0.15, 0.2) is 0 Å². The molecule has 51 heavy (non-hydrogen) atoms. The van der Waals surface area contributed by atoms with Gasteiger partial charge in [-0.15, -0.1) is 0 Å². The molecule has 0 spiro atoms. The van der Waals surface area contributed by atoms with Crippen LogP contribution < -0.4 is 0 Å². The topological polar surface area (TPSA) is 17.8 Å². The fraction of sp³-hybridized carbons (Fsp3) is 0.0408. The zero-order valence-electron chi connectivity index (χ0n) is 27.9. The smallest absolute Gasteiger partial charge is 0.0541 e. The average molecular weight is 649 g/mol. The number of nitrogens with zero attached hydrogens (tertiary/aromatic N) is 2. The van der Waals surface area contributed by atoms with Gasteiger partial charge >= 0.3 is 0 Å². The third-order valence-corrected chi connectivity index (χ3v) is 11.3. The molecule has 10 aromatic rings. The van der Waals surface area contributed by atoms with Crippen molar-refractivity contribution in [2.75, 3.05) is 0 Å². The minimum absolute atomic E-state index is 0.310. The Kier molecular flexibility index (Phi) is 6.11. The molecule has 0 fully saturated rings. The van der Waals surface area contributed by atoms with E-state index in [2.05, 4.69) is 173 Å². The first-order valence-corrected chi connectivity index (χ1v) is 17.8. The largest absolute Gasteiger partial charge is 0.309 e. The Morgan fingerprint density at radius 1 is 0.431 bits per heavy atom. The lowest BCUT2D eigenvalue weighted by Crippen LogP contribution is -2.12. The number of hydrogen-bond acceptors (Lipinski definition) is 1. The molecule has 1 aliphatic rings. The molecule has 0 saturated carbocycles. The molecule has 0 aliphatic heterocycles. The van der Waals surface area contributed by atoms with E-state index in [0.717, 1.165) is 6.42 Å². The first-order chi connectivity index (χ1) is 25.3. The first-order valence-electron chi connectivity index (χ1n) is 17.8. The maximum absolute atomic E-state index is 4.30. The van der Waals surface area contributed by atoms with E-state index >= 15 is 0 Å². The van der Waals surface area contributed by atoms with Crippen LogP contribution in [0, 0.1) is 0 Å². The Labute approximate surface area is 295 Å². The number of fused-ring (bicyclic) bond motifs is 12. The van der Waals surface area contributed by atoms with Crippen LogP contribution in [0.5, 0.6) is 0 Å². The molecule has 1 unspecified atom stereocenters. The van der Waals surface area contributed by atoms with Crippen molar-refractivity contribution in [2.24, 2.45) is 0 Å². The van der Waals surface area contributed by atoms with E-state index in [0.29, 0.717) is 5.92 Å². The van der Waals surface area contributed by atoms with Crippen LogP contribution >= 0.6 is 0 Å². The molecule has 2 aromatic heterocycles. The van der Waals surface area contributed by atoms with Crippen LogP contribution in [-0.2, 0) is 6.42 Å². The summed E-state index contributed by atoms with van der Waals surface area (Å²) in [5.74, 6) is 0.310. The molecule has 8 aromatic carbocycles. The summed E-state index contributed by atoms with van der Waals surface area (Å²) in [4.78, 5) is 4.30. The number of benzene rings is 8. The molecule has 0 saturated heterocycles. The fourth-order valence-corrected chi connectivity index (χ4v) is 8.94. The van der Waals surface area contributed by atoms with Crippen LogP contribution in [0.4, 0.5) is 0 Å². The highest BCUT2D eigenvalue weighted by atomic mass is 15.0. The highest BCUT2D eigenvalue weighted by Crippen LogP contribution is 2.45. The van der Waals surface area contributed by atoms with Gasteiger partial charge in [-0.2, -0.15) is 0 Å². The minimum atomic E-state index is 0.310. The second-order valence-corrected chi connectivity index (χ2v) is 13.9. The monoisotopic (exact) mass is 648 g/mol. The lowest BCUT2D eigenvalue weighted by Gasteiger charge is -2.28. The molecule has 1 atom stereocenters. The van der Waals surface area contributed by atoms with Gasteiger partial charge < -0.3 is 4.57 Å². The van der Waals surface area contributed by atoms with Crippen molar-refractivity contribution in [3.63, 3.8) is 0 Å². The highest BCUT2D eigenvalue weighted by Gasteiger charge is 2.26. The van der Waals surface area contributed by atoms with Crippen molar-refractivity contribution in [3.05, 3.63) is 193 Å². The van der Waals surface area contributed by atoms with Gasteiger partial charge in [-0.05, 0) is 120 Å². The highest BCUT2D eigenvalue weighted by molar-refractivity contribution is 6.25. The molecule has 238 valence electrons. The van der Waals surface area contributed by atoms with Crippen molar-refractivity contribution in [3.8, 4) is 27.9 Å². The van der Waals surface area contributed by atoms with Gasteiger partial charge in [0.05, 0.1) is 11.0 Å². The molecule has 0 radical (unpaired) electrons. The summed E-state index contributed by atoms with van der Waals surface area (Å²) in [6.07, 6.45) is 4.80. The van der Waals surface area contributed by atoms with Crippen molar-refractivity contribution < 1.29 is 0 Å². The summed E-state index contributed by atoms with van der Waals surface area (Å²) >= 11 is 0. The number of para-hydroxylation sites is 1. The van der Waals surface area contributed by atoms with Crippen molar-refractivity contribution in [1.29, 1.82) is 0 Å². The van der Waals surface area contributed by atoms with E-state index in [1.165, 1.54) is 98.8 Å². The van der Waals surface area contributed by atoms with E-state index in [-0.39, 0.29) is 0 Å². The van der Waals surface area contributed by atoms with Crippen LogP contribution in [0.3, 0.4) is 0 Å². The fourth-order valence-electron chi connectivity index (χ4n) is 8.94. The SMILES string of the molecule is c1ccc2c(c1)-c1ccc(-c3ccc4c(c3)c3ccccc3n4-c3ccc4c5ccccc5c5ccccc5c4c3)cc1CC2c1ccncc1.